The SMILES string of the molecule is c1ccc(-c2ccc3c(c2)oc2ccccc23)c(-c2ccc(N(c3ccc(-c4ccccc4-n4c5ccccc5c5ccccc54)cc3)c3ccc4ccccc4c3)cc2)c1. The van der Waals surface area contributed by atoms with Crippen molar-refractivity contribution in [1.29, 1.82) is 0 Å². The summed E-state index contributed by atoms with van der Waals surface area (Å²) < 4.78 is 8.70. The van der Waals surface area contributed by atoms with Crippen molar-refractivity contribution in [2.24, 2.45) is 0 Å². The van der Waals surface area contributed by atoms with Crippen molar-refractivity contribution in [1.82, 2.24) is 4.57 Å². The van der Waals surface area contributed by atoms with Crippen LogP contribution < -0.4 is 4.90 Å². The van der Waals surface area contributed by atoms with Crippen molar-refractivity contribution < 1.29 is 4.42 Å². The number of hydrogen-bond donors (Lipinski definition) is 0. The van der Waals surface area contributed by atoms with Gasteiger partial charge >= 0.3 is 0 Å². The fourth-order valence-corrected chi connectivity index (χ4v) is 9.32. The minimum atomic E-state index is 0.899. The molecule has 286 valence electrons. The summed E-state index contributed by atoms with van der Waals surface area (Å²) in [6.07, 6.45) is 0. The number of hydrogen-bond acceptors (Lipinski definition) is 2. The zero-order valence-corrected chi connectivity index (χ0v) is 33.2. The second kappa shape index (κ2) is 14.3. The van der Waals surface area contributed by atoms with Crippen LogP contribution in [0.25, 0.3) is 93.6 Å². The molecule has 10 aromatic carbocycles. The van der Waals surface area contributed by atoms with Gasteiger partial charge in [0.25, 0.3) is 0 Å². The lowest BCUT2D eigenvalue weighted by Gasteiger charge is -2.26. The van der Waals surface area contributed by atoms with Crippen LogP contribution in [0.2, 0.25) is 0 Å². The molecule has 0 fully saturated rings. The number of rotatable bonds is 7. The number of para-hydroxylation sites is 4. The Hall–Kier alpha value is -8.14. The number of benzene rings is 10. The molecule has 3 heteroatoms. The van der Waals surface area contributed by atoms with Gasteiger partial charge in [-0.1, -0.05) is 158 Å². The van der Waals surface area contributed by atoms with Crippen molar-refractivity contribution in [3.05, 3.63) is 231 Å². The lowest BCUT2D eigenvalue weighted by molar-refractivity contribution is 0.669. The highest BCUT2D eigenvalue weighted by Gasteiger charge is 2.18. The number of nitrogens with zero attached hydrogens (tertiary/aromatic N) is 2. The molecule has 0 aliphatic carbocycles. The summed E-state index contributed by atoms with van der Waals surface area (Å²) in [6, 6.07) is 83.0. The Kier molecular flexibility index (Phi) is 8.17. The molecule has 0 saturated heterocycles. The standard InChI is InChI=1S/C58H38N2O/c1-2-14-42-37-46(35-25-39(42)13-1)59(44-31-26-40(27-32-44)47-15-3-4-16-48(47)43-30-36-53-52-20-8-12-24-57(52)61-58(53)38-43)45-33-28-41(29-34-45)49-17-5-9-21-54(49)60-55-22-10-6-18-50(55)51-19-7-11-23-56(51)60/h1-38H. The minimum Gasteiger partial charge on any atom is -0.456 e. The molecule has 0 unspecified atom stereocenters. The number of fused-ring (bicyclic) bond motifs is 7. The van der Waals surface area contributed by atoms with Gasteiger partial charge in [0.2, 0.25) is 0 Å². The molecule has 2 aromatic heterocycles. The Morgan fingerprint density at radius 1 is 0.311 bits per heavy atom. The molecule has 0 N–H and O–H groups in total. The highest BCUT2D eigenvalue weighted by Crippen LogP contribution is 2.42. The molecule has 0 radical (unpaired) electrons. The van der Waals surface area contributed by atoms with E-state index < -0.39 is 0 Å². The highest BCUT2D eigenvalue weighted by molar-refractivity contribution is 6.10. The monoisotopic (exact) mass is 778 g/mol. The van der Waals surface area contributed by atoms with E-state index in [1.807, 2.05) is 12.1 Å². The van der Waals surface area contributed by atoms with E-state index in [1.165, 1.54) is 49.3 Å². The first-order valence-corrected chi connectivity index (χ1v) is 20.8. The highest BCUT2D eigenvalue weighted by atomic mass is 16.3. The predicted molar refractivity (Wildman–Crippen MR) is 257 cm³/mol. The summed E-state index contributed by atoms with van der Waals surface area (Å²) in [5, 5.41) is 7.21. The summed E-state index contributed by atoms with van der Waals surface area (Å²) in [6.45, 7) is 0. The van der Waals surface area contributed by atoms with Gasteiger partial charge in [0.15, 0.2) is 0 Å². The fourth-order valence-electron chi connectivity index (χ4n) is 9.32. The smallest absolute Gasteiger partial charge is 0.136 e. The Labute approximate surface area is 353 Å². The van der Waals surface area contributed by atoms with Crippen molar-refractivity contribution >= 4 is 71.6 Å². The Morgan fingerprint density at radius 3 is 1.51 bits per heavy atom. The normalized spacial score (nSPS) is 11.6. The molecule has 3 nitrogen and oxygen atoms in total. The number of aromatic nitrogens is 1. The summed E-state index contributed by atoms with van der Waals surface area (Å²) in [7, 11) is 0. The average Bonchev–Trinajstić information content (AvgIpc) is 3.87. The van der Waals surface area contributed by atoms with Gasteiger partial charge in [0, 0.05) is 44.2 Å². The van der Waals surface area contributed by atoms with Gasteiger partial charge in [0.05, 0.1) is 16.7 Å². The van der Waals surface area contributed by atoms with Crippen molar-refractivity contribution in [3.63, 3.8) is 0 Å². The van der Waals surface area contributed by atoms with Crippen LogP contribution >= 0.6 is 0 Å². The fraction of sp³-hybridized carbons (Fsp3) is 0. The first-order chi connectivity index (χ1) is 30.2. The third-order valence-corrected chi connectivity index (χ3v) is 12.2. The van der Waals surface area contributed by atoms with Crippen LogP contribution in [0.3, 0.4) is 0 Å². The van der Waals surface area contributed by atoms with Crippen molar-refractivity contribution in [3.8, 4) is 39.1 Å². The van der Waals surface area contributed by atoms with E-state index in [0.29, 0.717) is 0 Å². The Bertz CT molecular complexity index is 3540. The van der Waals surface area contributed by atoms with Crippen molar-refractivity contribution in [2.75, 3.05) is 4.90 Å². The molecule has 61 heavy (non-hydrogen) atoms. The van der Waals surface area contributed by atoms with E-state index in [-0.39, 0.29) is 0 Å². The van der Waals surface area contributed by atoms with E-state index in [1.54, 1.807) is 0 Å². The van der Waals surface area contributed by atoms with E-state index >= 15 is 0 Å². The van der Waals surface area contributed by atoms with Gasteiger partial charge in [0.1, 0.15) is 11.2 Å². The number of anilines is 3. The molecule has 0 aliphatic rings. The van der Waals surface area contributed by atoms with Gasteiger partial charge in [-0.05, 0) is 111 Å². The van der Waals surface area contributed by atoms with Gasteiger partial charge in [-0.2, -0.15) is 0 Å². The molecule has 0 saturated carbocycles. The van der Waals surface area contributed by atoms with Gasteiger partial charge in [-0.15, -0.1) is 0 Å². The van der Waals surface area contributed by atoms with E-state index in [2.05, 4.69) is 228 Å². The Morgan fingerprint density at radius 2 is 0.803 bits per heavy atom. The maximum absolute atomic E-state index is 6.29. The molecule has 0 amide bonds. The molecular formula is C58H38N2O. The second-order valence-electron chi connectivity index (χ2n) is 15.7. The zero-order chi connectivity index (χ0) is 40.3. The lowest BCUT2D eigenvalue weighted by Crippen LogP contribution is -2.10. The quantitative estimate of drug-likeness (QED) is 0.161. The third-order valence-electron chi connectivity index (χ3n) is 12.2. The lowest BCUT2D eigenvalue weighted by atomic mass is 9.94. The summed E-state index contributed by atoms with van der Waals surface area (Å²) in [4.78, 5) is 2.36. The van der Waals surface area contributed by atoms with Crippen LogP contribution in [0.5, 0.6) is 0 Å². The molecule has 0 spiro atoms. The summed E-state index contributed by atoms with van der Waals surface area (Å²) >= 11 is 0. The van der Waals surface area contributed by atoms with Crippen molar-refractivity contribution in [2.45, 2.75) is 0 Å². The molecule has 2 heterocycles. The Balaban J connectivity index is 0.938. The maximum Gasteiger partial charge on any atom is 0.136 e. The van der Waals surface area contributed by atoms with E-state index in [4.69, 9.17) is 4.42 Å². The summed E-state index contributed by atoms with van der Waals surface area (Å²) in [5.41, 5.74) is 15.6. The zero-order valence-electron chi connectivity index (χ0n) is 33.2. The van der Waals surface area contributed by atoms with Crippen LogP contribution in [0.1, 0.15) is 0 Å². The maximum atomic E-state index is 6.29. The minimum absolute atomic E-state index is 0.899. The first kappa shape index (κ1) is 34.9. The molecule has 0 atom stereocenters. The largest absolute Gasteiger partial charge is 0.456 e. The van der Waals surface area contributed by atoms with Crippen LogP contribution in [-0.2, 0) is 0 Å². The van der Waals surface area contributed by atoms with Crippen LogP contribution in [0.15, 0.2) is 235 Å². The van der Waals surface area contributed by atoms with Crippen LogP contribution in [0, 0.1) is 0 Å². The molecular weight excluding hydrogens is 741 g/mol. The third kappa shape index (κ3) is 5.90. The number of furan rings is 1. The van der Waals surface area contributed by atoms with Crippen LogP contribution in [-0.4, -0.2) is 4.57 Å². The molecule has 0 bridgehead atoms. The van der Waals surface area contributed by atoms with E-state index in [0.717, 1.165) is 61.4 Å². The predicted octanol–water partition coefficient (Wildman–Crippen LogP) is 16.3. The van der Waals surface area contributed by atoms with Gasteiger partial charge in [-0.25, -0.2) is 0 Å². The summed E-state index contributed by atoms with van der Waals surface area (Å²) in [5.74, 6) is 0. The topological polar surface area (TPSA) is 21.3 Å². The average molecular weight is 779 g/mol. The molecule has 0 aliphatic heterocycles. The molecule has 12 aromatic rings. The van der Waals surface area contributed by atoms with Gasteiger partial charge in [-0.3, -0.25) is 0 Å². The van der Waals surface area contributed by atoms with Crippen LogP contribution in [0.4, 0.5) is 17.1 Å². The van der Waals surface area contributed by atoms with Gasteiger partial charge < -0.3 is 13.9 Å². The second-order valence-corrected chi connectivity index (χ2v) is 15.7. The first-order valence-electron chi connectivity index (χ1n) is 20.8. The molecule has 12 rings (SSSR count). The van der Waals surface area contributed by atoms with E-state index in [9.17, 15) is 0 Å².